The van der Waals surface area contributed by atoms with Gasteiger partial charge in [0.1, 0.15) is 17.2 Å². The number of ether oxygens (including phenoxy) is 1. The molecule has 0 atom stereocenters. The Morgan fingerprint density at radius 2 is 1.91 bits per heavy atom. The molecule has 0 spiro atoms. The summed E-state index contributed by atoms with van der Waals surface area (Å²) in [5.74, 6) is 1.37. The van der Waals surface area contributed by atoms with E-state index in [-0.39, 0.29) is 17.2 Å². The number of nitrogens with zero attached hydrogens (tertiary/aromatic N) is 5. The Morgan fingerprint density at radius 1 is 1.15 bits per heavy atom. The van der Waals surface area contributed by atoms with Gasteiger partial charge in [-0.05, 0) is 49.7 Å². The first-order valence-corrected chi connectivity index (χ1v) is 11.3. The molecule has 0 bridgehead atoms. The highest BCUT2D eigenvalue weighted by Crippen LogP contribution is 2.19. The number of methoxy groups -OCH3 is 1. The number of carbonyl (C=O) groups is 1. The summed E-state index contributed by atoms with van der Waals surface area (Å²) in [5, 5.41) is 11.9. The van der Waals surface area contributed by atoms with Crippen molar-refractivity contribution in [1.29, 1.82) is 0 Å². The van der Waals surface area contributed by atoms with Crippen LogP contribution in [0.2, 0.25) is 0 Å². The molecule has 0 saturated heterocycles. The number of thioether (sulfide) groups is 1. The first-order chi connectivity index (χ1) is 15.9. The van der Waals surface area contributed by atoms with Gasteiger partial charge >= 0.3 is 0 Å². The topological polar surface area (TPSA) is 103 Å². The second-order valence-electron chi connectivity index (χ2n) is 7.57. The fourth-order valence-electron chi connectivity index (χ4n) is 3.43. The minimum Gasteiger partial charge on any atom is -0.497 e. The molecule has 4 rings (SSSR count). The molecule has 1 amide bonds. The number of rotatable bonds is 7. The van der Waals surface area contributed by atoms with E-state index in [2.05, 4.69) is 20.5 Å². The van der Waals surface area contributed by atoms with Crippen LogP contribution >= 0.6 is 11.8 Å². The maximum absolute atomic E-state index is 13.1. The first-order valence-electron chi connectivity index (χ1n) is 10.3. The molecule has 0 radical (unpaired) electrons. The van der Waals surface area contributed by atoms with Gasteiger partial charge in [0.2, 0.25) is 5.91 Å². The number of hydrogen-bond donors (Lipinski definition) is 1. The summed E-state index contributed by atoms with van der Waals surface area (Å²) in [5.41, 5.74) is 3.41. The second-order valence-corrected chi connectivity index (χ2v) is 8.51. The smallest absolute Gasteiger partial charge is 0.261 e. The van der Waals surface area contributed by atoms with Gasteiger partial charge in [0.15, 0.2) is 5.16 Å². The predicted molar refractivity (Wildman–Crippen MR) is 127 cm³/mol. The van der Waals surface area contributed by atoms with Crippen molar-refractivity contribution in [1.82, 2.24) is 24.1 Å². The first kappa shape index (κ1) is 22.5. The normalized spacial score (nSPS) is 11.0. The lowest BCUT2D eigenvalue weighted by atomic mass is 10.1. The quantitative estimate of drug-likeness (QED) is 0.420. The fourth-order valence-corrected chi connectivity index (χ4v) is 4.16. The monoisotopic (exact) mass is 464 g/mol. The summed E-state index contributed by atoms with van der Waals surface area (Å²) in [7, 11) is 3.42. The summed E-state index contributed by atoms with van der Waals surface area (Å²) in [6, 6.07) is 10.9. The third kappa shape index (κ3) is 4.75. The van der Waals surface area contributed by atoms with Crippen molar-refractivity contribution in [3.8, 4) is 5.75 Å². The SMILES string of the molecule is COc1ccc(NC(=O)CSc2nnc(Cc3c(C)nc4c(C)cccn4c3=O)n2C)cc1. The average Bonchev–Trinajstić information content (AvgIpc) is 3.15. The van der Waals surface area contributed by atoms with Gasteiger partial charge < -0.3 is 14.6 Å². The number of aryl methyl sites for hydroxylation is 2. The number of carbonyl (C=O) groups excluding carboxylic acids is 1. The van der Waals surface area contributed by atoms with Gasteiger partial charge in [0, 0.05) is 36.6 Å². The van der Waals surface area contributed by atoms with Crippen molar-refractivity contribution in [2.24, 2.45) is 7.05 Å². The van der Waals surface area contributed by atoms with Crippen molar-refractivity contribution >= 4 is 29.0 Å². The standard InChI is InChI=1S/C23H24N6O3S/c1-14-6-5-11-29-21(14)24-15(2)18(22(29)31)12-19-26-27-23(28(19)3)33-13-20(30)25-16-7-9-17(32-4)10-8-16/h5-11H,12-13H2,1-4H3,(H,25,30). The maximum atomic E-state index is 13.1. The molecule has 0 aliphatic carbocycles. The van der Waals surface area contributed by atoms with E-state index in [4.69, 9.17) is 4.74 Å². The van der Waals surface area contributed by atoms with Gasteiger partial charge in [-0.2, -0.15) is 0 Å². The van der Waals surface area contributed by atoms with E-state index in [9.17, 15) is 9.59 Å². The molecule has 3 heterocycles. The number of amides is 1. The number of benzene rings is 1. The Balaban J connectivity index is 1.46. The second kappa shape index (κ2) is 9.45. The van der Waals surface area contributed by atoms with Crippen molar-refractivity contribution in [2.75, 3.05) is 18.2 Å². The molecule has 4 aromatic rings. The summed E-state index contributed by atoms with van der Waals surface area (Å²) in [6.45, 7) is 3.76. The summed E-state index contributed by atoms with van der Waals surface area (Å²) in [4.78, 5) is 30.0. The van der Waals surface area contributed by atoms with Crippen molar-refractivity contribution in [3.05, 3.63) is 75.6 Å². The van der Waals surface area contributed by atoms with E-state index in [1.807, 2.05) is 33.0 Å². The molecule has 170 valence electrons. The number of hydrogen-bond acceptors (Lipinski definition) is 7. The van der Waals surface area contributed by atoms with Crippen LogP contribution in [0, 0.1) is 13.8 Å². The van der Waals surface area contributed by atoms with Gasteiger partial charge in [-0.3, -0.25) is 14.0 Å². The largest absolute Gasteiger partial charge is 0.497 e. The Labute approximate surface area is 194 Å². The van der Waals surface area contributed by atoms with E-state index in [0.717, 1.165) is 11.3 Å². The van der Waals surface area contributed by atoms with E-state index in [1.165, 1.54) is 11.8 Å². The molecule has 0 fully saturated rings. The zero-order valence-corrected chi connectivity index (χ0v) is 19.6. The molecule has 3 aromatic heterocycles. The minimum absolute atomic E-state index is 0.114. The molecular formula is C23H24N6O3S. The molecule has 0 unspecified atom stereocenters. The van der Waals surface area contributed by atoms with Crippen LogP contribution in [0.4, 0.5) is 5.69 Å². The molecule has 1 N–H and O–H groups in total. The van der Waals surface area contributed by atoms with Gasteiger partial charge in [0.05, 0.1) is 12.9 Å². The Bertz CT molecular complexity index is 1380. The van der Waals surface area contributed by atoms with Crippen LogP contribution in [-0.2, 0) is 18.3 Å². The van der Waals surface area contributed by atoms with Gasteiger partial charge in [0.25, 0.3) is 5.56 Å². The highest BCUT2D eigenvalue weighted by Gasteiger charge is 2.17. The van der Waals surface area contributed by atoms with E-state index >= 15 is 0 Å². The number of fused-ring (bicyclic) bond motifs is 1. The van der Waals surface area contributed by atoms with Crippen molar-refractivity contribution < 1.29 is 9.53 Å². The van der Waals surface area contributed by atoms with Crippen LogP contribution < -0.4 is 15.6 Å². The Hall–Kier alpha value is -3.66. The van der Waals surface area contributed by atoms with Gasteiger partial charge in [-0.1, -0.05) is 17.8 Å². The van der Waals surface area contributed by atoms with Crippen LogP contribution in [-0.4, -0.2) is 42.9 Å². The fraction of sp³-hybridized carbons (Fsp3) is 0.261. The molecule has 0 saturated carbocycles. The third-order valence-electron chi connectivity index (χ3n) is 5.32. The highest BCUT2D eigenvalue weighted by molar-refractivity contribution is 7.99. The van der Waals surface area contributed by atoms with Gasteiger partial charge in [-0.15, -0.1) is 10.2 Å². The maximum Gasteiger partial charge on any atom is 0.261 e. The van der Waals surface area contributed by atoms with Crippen molar-refractivity contribution in [2.45, 2.75) is 25.4 Å². The molecule has 0 aliphatic heterocycles. The summed E-state index contributed by atoms with van der Waals surface area (Å²) in [6.07, 6.45) is 2.02. The Morgan fingerprint density at radius 3 is 2.64 bits per heavy atom. The molecule has 10 heteroatoms. The average molecular weight is 465 g/mol. The molecule has 1 aromatic carbocycles. The molecule has 0 aliphatic rings. The zero-order valence-electron chi connectivity index (χ0n) is 18.8. The number of nitrogens with one attached hydrogen (secondary N) is 1. The number of pyridine rings is 1. The lowest BCUT2D eigenvalue weighted by Crippen LogP contribution is -2.23. The zero-order chi connectivity index (χ0) is 23.5. The Kier molecular flexibility index (Phi) is 6.45. The van der Waals surface area contributed by atoms with Crippen LogP contribution in [0.5, 0.6) is 5.75 Å². The molecule has 9 nitrogen and oxygen atoms in total. The highest BCUT2D eigenvalue weighted by atomic mass is 32.2. The van der Waals surface area contributed by atoms with Crippen LogP contribution in [0.3, 0.4) is 0 Å². The number of anilines is 1. The summed E-state index contributed by atoms with van der Waals surface area (Å²) >= 11 is 1.28. The van der Waals surface area contributed by atoms with E-state index in [0.29, 0.717) is 40.0 Å². The number of aromatic nitrogens is 5. The van der Waals surface area contributed by atoms with Crippen LogP contribution in [0.1, 0.15) is 22.6 Å². The molecule has 33 heavy (non-hydrogen) atoms. The van der Waals surface area contributed by atoms with Gasteiger partial charge in [-0.25, -0.2) is 4.98 Å². The summed E-state index contributed by atoms with van der Waals surface area (Å²) < 4.78 is 8.48. The van der Waals surface area contributed by atoms with E-state index in [1.54, 1.807) is 46.5 Å². The third-order valence-corrected chi connectivity index (χ3v) is 6.34. The lowest BCUT2D eigenvalue weighted by molar-refractivity contribution is -0.113. The lowest BCUT2D eigenvalue weighted by Gasteiger charge is -2.09. The van der Waals surface area contributed by atoms with Crippen LogP contribution in [0.25, 0.3) is 5.65 Å². The van der Waals surface area contributed by atoms with E-state index < -0.39 is 0 Å². The predicted octanol–water partition coefficient (Wildman–Crippen LogP) is 2.77. The minimum atomic E-state index is -0.155. The van der Waals surface area contributed by atoms with Crippen molar-refractivity contribution in [3.63, 3.8) is 0 Å². The van der Waals surface area contributed by atoms with Crippen LogP contribution in [0.15, 0.2) is 52.5 Å². The molecular weight excluding hydrogens is 440 g/mol.